The molecule has 2 N–H and O–H groups in total. The van der Waals surface area contributed by atoms with Crippen LogP contribution in [0.4, 0.5) is 0 Å². The Morgan fingerprint density at radius 1 is 1.03 bits per heavy atom. The molecule has 1 amide bonds. The zero-order valence-corrected chi connectivity index (χ0v) is 20.0. The predicted octanol–water partition coefficient (Wildman–Crippen LogP) is 6.27. The Morgan fingerprint density at radius 2 is 1.76 bits per heavy atom. The molecule has 3 aromatic rings. The van der Waals surface area contributed by atoms with Gasteiger partial charge < -0.3 is 19.9 Å². The predicted molar refractivity (Wildman–Crippen MR) is 131 cm³/mol. The molecule has 6 nitrogen and oxygen atoms in total. The molecular formula is C25H20Cl3NO5. The first-order valence-corrected chi connectivity index (χ1v) is 11.7. The first kappa shape index (κ1) is 24.2. The largest absolute Gasteiger partial charge is 0.481 e. The van der Waals surface area contributed by atoms with Gasteiger partial charge in [-0.05, 0) is 54.4 Å². The first-order chi connectivity index (χ1) is 16.3. The molecule has 2 atom stereocenters. The number of ether oxygens (including phenoxy) is 2. The number of carboxylic acid groups (broad SMARTS) is 1. The van der Waals surface area contributed by atoms with Crippen LogP contribution in [0.25, 0.3) is 0 Å². The van der Waals surface area contributed by atoms with E-state index >= 15 is 0 Å². The van der Waals surface area contributed by atoms with Gasteiger partial charge in [-0.3, -0.25) is 9.59 Å². The fourth-order valence-corrected chi connectivity index (χ4v) is 4.42. The van der Waals surface area contributed by atoms with Gasteiger partial charge >= 0.3 is 5.97 Å². The van der Waals surface area contributed by atoms with Crippen molar-refractivity contribution in [3.8, 4) is 17.2 Å². The van der Waals surface area contributed by atoms with E-state index in [2.05, 4.69) is 5.32 Å². The molecule has 0 radical (unpaired) electrons. The van der Waals surface area contributed by atoms with E-state index in [1.54, 1.807) is 54.6 Å². The second kappa shape index (κ2) is 10.6. The van der Waals surface area contributed by atoms with Gasteiger partial charge in [0.1, 0.15) is 17.2 Å². The highest BCUT2D eigenvalue weighted by atomic mass is 35.5. The average molecular weight is 521 g/mol. The lowest BCUT2D eigenvalue weighted by molar-refractivity contribution is -0.139. The Bertz CT molecular complexity index is 1220. The third-order valence-electron chi connectivity index (χ3n) is 5.38. The van der Waals surface area contributed by atoms with Crippen LogP contribution in [0.1, 0.15) is 33.8 Å². The maximum Gasteiger partial charge on any atom is 0.311 e. The van der Waals surface area contributed by atoms with Crippen LogP contribution in [0.15, 0.2) is 60.7 Å². The molecule has 9 heteroatoms. The van der Waals surface area contributed by atoms with Gasteiger partial charge in [-0.1, -0.05) is 46.9 Å². The SMILES string of the molecule is O=C(NCCc1ccc(Cl)cc1Cl)c1ccc(Oc2ccc3c(c2)OC(Cl)CC3C(=O)O)cc1. The standard InChI is InChI=1S/C25H20Cl3NO5/c26-16-4-1-14(21(27)11-16)9-10-29-24(30)15-2-5-17(6-3-15)33-18-7-8-19-20(25(31)32)13-23(28)34-22(19)12-18/h1-8,11-12,20,23H,9-10,13H2,(H,29,30)(H,31,32). The Morgan fingerprint density at radius 3 is 2.47 bits per heavy atom. The monoisotopic (exact) mass is 519 g/mol. The summed E-state index contributed by atoms with van der Waals surface area (Å²) in [6.07, 6.45) is 0.773. The second-order valence-electron chi connectivity index (χ2n) is 7.72. The van der Waals surface area contributed by atoms with E-state index in [1.165, 1.54) is 0 Å². The summed E-state index contributed by atoms with van der Waals surface area (Å²) in [6, 6.07) is 16.9. The van der Waals surface area contributed by atoms with Crippen molar-refractivity contribution in [2.45, 2.75) is 24.3 Å². The van der Waals surface area contributed by atoms with Gasteiger partial charge in [-0.25, -0.2) is 0 Å². The summed E-state index contributed by atoms with van der Waals surface area (Å²) in [6.45, 7) is 0.423. The maximum absolute atomic E-state index is 12.4. The van der Waals surface area contributed by atoms with E-state index in [0.29, 0.717) is 51.4 Å². The Kier molecular flexibility index (Phi) is 7.51. The van der Waals surface area contributed by atoms with Crippen molar-refractivity contribution in [2.24, 2.45) is 0 Å². The van der Waals surface area contributed by atoms with Crippen LogP contribution in [0.3, 0.4) is 0 Å². The molecule has 0 spiro atoms. The van der Waals surface area contributed by atoms with Crippen LogP contribution < -0.4 is 14.8 Å². The molecule has 34 heavy (non-hydrogen) atoms. The fraction of sp³-hybridized carbons (Fsp3) is 0.200. The summed E-state index contributed by atoms with van der Waals surface area (Å²) < 4.78 is 11.4. The highest BCUT2D eigenvalue weighted by Gasteiger charge is 2.32. The topological polar surface area (TPSA) is 84.9 Å². The summed E-state index contributed by atoms with van der Waals surface area (Å²) >= 11 is 18.1. The van der Waals surface area contributed by atoms with Crippen molar-refractivity contribution in [2.75, 3.05) is 6.54 Å². The number of fused-ring (bicyclic) bond motifs is 1. The lowest BCUT2D eigenvalue weighted by Gasteiger charge is -2.27. The minimum Gasteiger partial charge on any atom is -0.481 e. The molecule has 1 aliphatic rings. The molecule has 1 aliphatic heterocycles. The molecule has 0 fully saturated rings. The number of carboxylic acids is 1. The van der Waals surface area contributed by atoms with E-state index < -0.39 is 17.5 Å². The number of carbonyl (C=O) groups excluding carboxylic acids is 1. The number of hydrogen-bond acceptors (Lipinski definition) is 4. The van der Waals surface area contributed by atoms with Crippen molar-refractivity contribution in [1.82, 2.24) is 5.32 Å². The second-order valence-corrected chi connectivity index (χ2v) is 9.05. The molecule has 0 saturated carbocycles. The number of halogens is 3. The Hall–Kier alpha value is -2.93. The minimum atomic E-state index is -0.950. The third-order valence-corrected chi connectivity index (χ3v) is 6.24. The molecule has 0 aromatic heterocycles. The molecule has 2 unspecified atom stereocenters. The molecule has 0 bridgehead atoms. The average Bonchev–Trinajstić information content (AvgIpc) is 2.80. The van der Waals surface area contributed by atoms with Gasteiger partial charge in [0.2, 0.25) is 0 Å². The van der Waals surface area contributed by atoms with Crippen LogP contribution in [-0.2, 0) is 11.2 Å². The quantitative estimate of drug-likeness (QED) is 0.359. The van der Waals surface area contributed by atoms with Gasteiger partial charge in [0.15, 0.2) is 5.56 Å². The van der Waals surface area contributed by atoms with Crippen molar-refractivity contribution in [3.05, 3.63) is 87.4 Å². The Labute approximate surface area is 211 Å². The molecule has 0 saturated heterocycles. The number of aliphatic carboxylic acids is 1. The molecule has 0 aliphatic carbocycles. The summed E-state index contributed by atoms with van der Waals surface area (Å²) in [5.74, 6) is -0.536. The van der Waals surface area contributed by atoms with E-state index in [1.807, 2.05) is 6.07 Å². The Balaban J connectivity index is 1.36. The van der Waals surface area contributed by atoms with Gasteiger partial charge in [0.25, 0.3) is 5.91 Å². The van der Waals surface area contributed by atoms with Crippen LogP contribution in [-0.4, -0.2) is 29.1 Å². The van der Waals surface area contributed by atoms with Crippen LogP contribution in [0.2, 0.25) is 10.0 Å². The van der Waals surface area contributed by atoms with E-state index in [9.17, 15) is 14.7 Å². The summed E-state index contributed by atoms with van der Waals surface area (Å²) in [4.78, 5) is 23.9. The summed E-state index contributed by atoms with van der Waals surface area (Å²) in [5.41, 5.74) is 1.22. The van der Waals surface area contributed by atoms with Crippen molar-refractivity contribution in [3.63, 3.8) is 0 Å². The van der Waals surface area contributed by atoms with Crippen molar-refractivity contribution >= 4 is 46.7 Å². The van der Waals surface area contributed by atoms with Crippen LogP contribution in [0.5, 0.6) is 17.2 Å². The number of amides is 1. The minimum absolute atomic E-state index is 0.195. The third kappa shape index (κ3) is 5.76. The first-order valence-electron chi connectivity index (χ1n) is 10.5. The number of nitrogens with one attached hydrogen (secondary N) is 1. The highest BCUT2D eigenvalue weighted by molar-refractivity contribution is 6.35. The lowest BCUT2D eigenvalue weighted by Crippen LogP contribution is -2.25. The lowest BCUT2D eigenvalue weighted by atomic mass is 9.93. The fourth-order valence-electron chi connectivity index (χ4n) is 3.65. The van der Waals surface area contributed by atoms with Crippen LogP contribution in [0, 0.1) is 0 Å². The number of rotatable bonds is 7. The van der Waals surface area contributed by atoms with E-state index in [4.69, 9.17) is 44.3 Å². The van der Waals surface area contributed by atoms with Crippen LogP contribution >= 0.6 is 34.8 Å². The normalized spacial score (nSPS) is 16.8. The molecule has 3 aromatic carbocycles. The van der Waals surface area contributed by atoms with Gasteiger partial charge in [0.05, 0.1) is 5.92 Å². The number of carbonyl (C=O) groups is 2. The van der Waals surface area contributed by atoms with Crippen molar-refractivity contribution in [1.29, 1.82) is 0 Å². The van der Waals surface area contributed by atoms with Gasteiger partial charge in [0, 0.05) is 40.2 Å². The molecule has 176 valence electrons. The van der Waals surface area contributed by atoms with Crippen molar-refractivity contribution < 1.29 is 24.2 Å². The smallest absolute Gasteiger partial charge is 0.311 e. The maximum atomic E-state index is 12.4. The molecular weight excluding hydrogens is 501 g/mol. The summed E-state index contributed by atoms with van der Waals surface area (Å²) in [5, 5.41) is 13.4. The highest BCUT2D eigenvalue weighted by Crippen LogP contribution is 2.40. The zero-order chi connectivity index (χ0) is 24.2. The molecule has 4 rings (SSSR count). The van der Waals surface area contributed by atoms with E-state index in [-0.39, 0.29) is 12.3 Å². The van der Waals surface area contributed by atoms with Gasteiger partial charge in [-0.15, -0.1) is 0 Å². The number of alkyl halides is 1. The zero-order valence-electron chi connectivity index (χ0n) is 17.8. The van der Waals surface area contributed by atoms with E-state index in [0.717, 1.165) is 5.56 Å². The molecule has 1 heterocycles. The van der Waals surface area contributed by atoms with Gasteiger partial charge in [-0.2, -0.15) is 0 Å². The number of benzene rings is 3. The summed E-state index contributed by atoms with van der Waals surface area (Å²) in [7, 11) is 0. The number of hydrogen-bond donors (Lipinski definition) is 2.